The van der Waals surface area contributed by atoms with Crippen molar-refractivity contribution in [3.8, 4) is 0 Å². The third-order valence-electron chi connectivity index (χ3n) is 3.34. The molecule has 0 aliphatic heterocycles. The Hall–Kier alpha value is -1.77. The van der Waals surface area contributed by atoms with Crippen molar-refractivity contribution in [3.05, 3.63) is 48.0 Å². The zero-order chi connectivity index (χ0) is 16.3. The summed E-state index contributed by atoms with van der Waals surface area (Å²) in [5.41, 5.74) is 0.0586. The molecule has 1 aromatic heterocycles. The van der Waals surface area contributed by atoms with Gasteiger partial charge >= 0.3 is 0 Å². The third-order valence-corrected chi connectivity index (χ3v) is 4.79. The topological polar surface area (TPSA) is 84.2 Å². The average molecular weight is 327 g/mol. The molecule has 0 saturated carbocycles. The molecule has 0 amide bonds. The molecule has 2 unspecified atom stereocenters. The third kappa shape index (κ3) is 3.52. The number of benzene rings is 1. The van der Waals surface area contributed by atoms with Gasteiger partial charge in [0.25, 0.3) is 0 Å². The number of aliphatic hydroxyl groups is 1. The number of halogens is 1. The van der Waals surface area contributed by atoms with Gasteiger partial charge in [-0.25, -0.2) is 17.5 Å². The fourth-order valence-corrected chi connectivity index (χ4v) is 3.42. The number of hydrogen-bond donors (Lipinski definition) is 2. The largest absolute Gasteiger partial charge is 0.387 e. The fraction of sp³-hybridized carbons (Fsp3) is 0.357. The van der Waals surface area contributed by atoms with Crippen molar-refractivity contribution in [3.63, 3.8) is 0 Å². The van der Waals surface area contributed by atoms with E-state index in [-0.39, 0.29) is 10.5 Å². The molecule has 6 nitrogen and oxygen atoms in total. The maximum atomic E-state index is 13.7. The molecule has 2 rings (SSSR count). The van der Waals surface area contributed by atoms with E-state index < -0.39 is 28.0 Å². The number of rotatable bonds is 6. The monoisotopic (exact) mass is 327 g/mol. The average Bonchev–Trinajstić information content (AvgIpc) is 2.92. The smallest absolute Gasteiger partial charge is 0.244 e. The summed E-state index contributed by atoms with van der Waals surface area (Å²) in [6, 6.07) is 4.90. The molecule has 1 aromatic carbocycles. The van der Waals surface area contributed by atoms with Crippen LogP contribution in [0.25, 0.3) is 0 Å². The second-order valence-corrected chi connectivity index (χ2v) is 6.67. The number of aryl methyl sites for hydroxylation is 1. The summed E-state index contributed by atoms with van der Waals surface area (Å²) in [6.45, 7) is 1.71. The molecule has 2 atom stereocenters. The Kier molecular flexibility index (Phi) is 4.94. The molecule has 22 heavy (non-hydrogen) atoms. The van der Waals surface area contributed by atoms with E-state index in [1.165, 1.54) is 35.3 Å². The van der Waals surface area contributed by atoms with Crippen LogP contribution in [0.4, 0.5) is 4.39 Å². The highest BCUT2D eigenvalue weighted by atomic mass is 32.2. The molecule has 2 aromatic rings. The van der Waals surface area contributed by atoms with E-state index in [0.717, 1.165) is 0 Å². The Labute approximate surface area is 128 Å². The second kappa shape index (κ2) is 6.55. The summed E-state index contributed by atoms with van der Waals surface area (Å²) < 4.78 is 42.0. The lowest BCUT2D eigenvalue weighted by molar-refractivity contribution is 0.133. The van der Waals surface area contributed by atoms with Crippen LogP contribution >= 0.6 is 0 Å². The standard InChI is InChI=1S/C14H18FN3O3S/c1-3-13(14(19)11-6-4-5-7-12(11)15)17-22(20,21)10-8-16-18(2)9-10/h4-9,13-14,17,19H,3H2,1-2H3. The lowest BCUT2D eigenvalue weighted by Gasteiger charge is -2.23. The number of nitrogens with one attached hydrogen (secondary N) is 1. The lowest BCUT2D eigenvalue weighted by Crippen LogP contribution is -2.39. The highest BCUT2D eigenvalue weighted by Gasteiger charge is 2.27. The van der Waals surface area contributed by atoms with Crippen molar-refractivity contribution >= 4 is 10.0 Å². The SMILES string of the molecule is CCC(NS(=O)(=O)c1cnn(C)c1)C(O)c1ccccc1F. The zero-order valence-corrected chi connectivity index (χ0v) is 13.1. The minimum Gasteiger partial charge on any atom is -0.387 e. The molecule has 0 saturated heterocycles. The molecule has 8 heteroatoms. The van der Waals surface area contributed by atoms with Gasteiger partial charge in [-0.15, -0.1) is 0 Å². The van der Waals surface area contributed by atoms with Crippen molar-refractivity contribution in [2.45, 2.75) is 30.4 Å². The summed E-state index contributed by atoms with van der Waals surface area (Å²) in [6.07, 6.45) is 1.59. The predicted octanol–water partition coefficient (Wildman–Crippen LogP) is 1.35. The summed E-state index contributed by atoms with van der Waals surface area (Å²) >= 11 is 0. The normalized spacial score (nSPS) is 14.7. The Balaban J connectivity index is 2.24. The number of sulfonamides is 1. The van der Waals surface area contributed by atoms with Crippen LogP contribution in [-0.4, -0.2) is 29.3 Å². The van der Waals surface area contributed by atoms with Gasteiger partial charge < -0.3 is 5.11 Å². The summed E-state index contributed by atoms with van der Waals surface area (Å²) in [7, 11) is -2.23. The molecule has 0 radical (unpaired) electrons. The van der Waals surface area contributed by atoms with Crippen molar-refractivity contribution in [2.24, 2.45) is 7.05 Å². The molecule has 0 bridgehead atoms. The predicted molar refractivity (Wildman–Crippen MR) is 79.0 cm³/mol. The van der Waals surface area contributed by atoms with Crippen LogP contribution in [0, 0.1) is 5.82 Å². The van der Waals surface area contributed by atoms with Crippen LogP contribution in [0.2, 0.25) is 0 Å². The van der Waals surface area contributed by atoms with Gasteiger partial charge in [0.05, 0.1) is 18.3 Å². The lowest BCUT2D eigenvalue weighted by atomic mass is 10.0. The van der Waals surface area contributed by atoms with E-state index in [1.54, 1.807) is 20.0 Å². The van der Waals surface area contributed by atoms with Gasteiger partial charge in [-0.2, -0.15) is 5.10 Å². The van der Waals surface area contributed by atoms with Crippen molar-refractivity contribution in [2.75, 3.05) is 0 Å². The van der Waals surface area contributed by atoms with Gasteiger partial charge in [0.2, 0.25) is 10.0 Å². The fourth-order valence-electron chi connectivity index (χ4n) is 2.11. The molecule has 1 heterocycles. The van der Waals surface area contributed by atoms with Gasteiger partial charge in [-0.1, -0.05) is 25.1 Å². The Morgan fingerprint density at radius 2 is 2.09 bits per heavy atom. The van der Waals surface area contributed by atoms with E-state index in [0.29, 0.717) is 6.42 Å². The molecule has 0 fully saturated rings. The number of nitrogens with zero attached hydrogens (tertiary/aromatic N) is 2. The minimum atomic E-state index is -3.83. The van der Waals surface area contributed by atoms with Crippen LogP contribution in [-0.2, 0) is 17.1 Å². The maximum absolute atomic E-state index is 13.7. The molecular formula is C14H18FN3O3S. The molecular weight excluding hydrogens is 309 g/mol. The molecule has 120 valence electrons. The first kappa shape index (κ1) is 16.6. The Morgan fingerprint density at radius 3 is 2.64 bits per heavy atom. The molecule has 0 aliphatic rings. The van der Waals surface area contributed by atoms with E-state index in [4.69, 9.17) is 0 Å². The van der Waals surface area contributed by atoms with Gasteiger partial charge in [-0.3, -0.25) is 4.68 Å². The van der Waals surface area contributed by atoms with Crippen LogP contribution < -0.4 is 4.72 Å². The highest BCUT2D eigenvalue weighted by molar-refractivity contribution is 7.89. The first-order valence-electron chi connectivity index (χ1n) is 6.78. The van der Waals surface area contributed by atoms with Crippen LogP contribution in [0.5, 0.6) is 0 Å². The van der Waals surface area contributed by atoms with E-state index in [1.807, 2.05) is 0 Å². The van der Waals surface area contributed by atoms with Gasteiger partial charge in [0.1, 0.15) is 10.7 Å². The van der Waals surface area contributed by atoms with Gasteiger partial charge in [0, 0.05) is 18.8 Å². The van der Waals surface area contributed by atoms with Crippen molar-refractivity contribution in [1.82, 2.24) is 14.5 Å². The van der Waals surface area contributed by atoms with Crippen LogP contribution in [0.15, 0.2) is 41.6 Å². The zero-order valence-electron chi connectivity index (χ0n) is 12.3. The summed E-state index contributed by atoms with van der Waals surface area (Å²) in [5, 5.41) is 14.1. The van der Waals surface area contributed by atoms with E-state index in [9.17, 15) is 17.9 Å². The first-order chi connectivity index (χ1) is 10.3. The van der Waals surface area contributed by atoms with Crippen molar-refractivity contribution in [1.29, 1.82) is 0 Å². The Morgan fingerprint density at radius 1 is 1.41 bits per heavy atom. The van der Waals surface area contributed by atoms with Crippen molar-refractivity contribution < 1.29 is 17.9 Å². The van der Waals surface area contributed by atoms with Gasteiger partial charge in [0.15, 0.2) is 0 Å². The number of aliphatic hydroxyl groups excluding tert-OH is 1. The van der Waals surface area contributed by atoms with Gasteiger partial charge in [-0.05, 0) is 12.5 Å². The highest BCUT2D eigenvalue weighted by Crippen LogP contribution is 2.23. The van der Waals surface area contributed by atoms with E-state index in [2.05, 4.69) is 9.82 Å². The minimum absolute atomic E-state index is 0.00539. The number of hydrogen-bond acceptors (Lipinski definition) is 4. The van der Waals surface area contributed by atoms with Crippen LogP contribution in [0.1, 0.15) is 25.0 Å². The molecule has 0 spiro atoms. The second-order valence-electron chi connectivity index (χ2n) is 4.95. The summed E-state index contributed by atoms with van der Waals surface area (Å²) in [5.74, 6) is -0.575. The van der Waals surface area contributed by atoms with E-state index >= 15 is 0 Å². The summed E-state index contributed by atoms with van der Waals surface area (Å²) in [4.78, 5) is -0.00539. The maximum Gasteiger partial charge on any atom is 0.244 e. The van der Waals surface area contributed by atoms with Crippen LogP contribution in [0.3, 0.4) is 0 Å². The molecule has 0 aliphatic carbocycles. The molecule has 2 N–H and O–H groups in total. The first-order valence-corrected chi connectivity index (χ1v) is 8.27. The quantitative estimate of drug-likeness (QED) is 0.839. The number of aromatic nitrogens is 2. The Bertz CT molecular complexity index is 745.